The molecule has 1 aromatic rings. The Balaban J connectivity index is 2.28. The Kier molecular flexibility index (Phi) is 2.70. The summed E-state index contributed by atoms with van der Waals surface area (Å²) in [6.07, 6.45) is 3.28. The summed E-state index contributed by atoms with van der Waals surface area (Å²) in [4.78, 5) is 8.45. The summed E-state index contributed by atoms with van der Waals surface area (Å²) < 4.78 is 0. The van der Waals surface area contributed by atoms with Gasteiger partial charge in [0.05, 0.1) is 5.69 Å². The monoisotopic (exact) mass is 208 g/mol. The van der Waals surface area contributed by atoms with E-state index in [0.717, 1.165) is 19.5 Å². The van der Waals surface area contributed by atoms with E-state index in [4.69, 9.17) is 0 Å². The van der Waals surface area contributed by atoms with Crippen molar-refractivity contribution < 1.29 is 0 Å². The molecule has 1 aromatic heterocycles. The minimum absolute atomic E-state index is 1.07. The van der Waals surface area contributed by atoms with Crippen LogP contribution in [0.5, 0.6) is 0 Å². The summed E-state index contributed by atoms with van der Waals surface area (Å²) in [5.74, 6) is 0. The first-order valence-electron chi connectivity index (χ1n) is 4.97. The van der Waals surface area contributed by atoms with Crippen LogP contribution in [0.15, 0.2) is 5.57 Å². The summed E-state index contributed by atoms with van der Waals surface area (Å²) in [5, 5.41) is 1.17. The second-order valence-corrected chi connectivity index (χ2v) is 5.25. The van der Waals surface area contributed by atoms with E-state index in [9.17, 15) is 0 Å². The van der Waals surface area contributed by atoms with Crippen LogP contribution in [0, 0.1) is 0 Å². The zero-order chi connectivity index (χ0) is 10.1. The van der Waals surface area contributed by atoms with Gasteiger partial charge in [0.15, 0.2) is 0 Å². The summed E-state index contributed by atoms with van der Waals surface area (Å²) >= 11 is 1.84. The molecule has 0 spiro atoms. The molecule has 0 N–H and O–H groups in total. The number of fused-ring (bicyclic) bond motifs is 1. The highest BCUT2D eigenvalue weighted by molar-refractivity contribution is 7.12. The summed E-state index contributed by atoms with van der Waals surface area (Å²) in [5.41, 5.74) is 2.64. The van der Waals surface area contributed by atoms with E-state index in [1.807, 2.05) is 11.3 Å². The number of thiazole rings is 1. The Morgan fingerprint density at radius 1 is 1.50 bits per heavy atom. The molecule has 0 aromatic carbocycles. The van der Waals surface area contributed by atoms with Gasteiger partial charge in [0.1, 0.15) is 5.01 Å². The Labute approximate surface area is 89.3 Å². The van der Waals surface area contributed by atoms with Crippen molar-refractivity contribution in [3.63, 3.8) is 0 Å². The molecule has 1 aliphatic rings. The van der Waals surface area contributed by atoms with Crippen LogP contribution in [0.4, 0.5) is 0 Å². The van der Waals surface area contributed by atoms with Gasteiger partial charge in [-0.1, -0.05) is 5.57 Å². The van der Waals surface area contributed by atoms with Crippen LogP contribution in [0.3, 0.4) is 0 Å². The van der Waals surface area contributed by atoms with Crippen molar-refractivity contribution in [2.75, 3.05) is 13.6 Å². The molecule has 0 saturated carbocycles. The smallest absolute Gasteiger partial charge is 0.116 e. The number of allylic oxidation sites excluding steroid dienone is 1. The Morgan fingerprint density at radius 2 is 2.29 bits per heavy atom. The lowest BCUT2D eigenvalue weighted by Gasteiger charge is -2.20. The van der Waals surface area contributed by atoms with Gasteiger partial charge in [-0.15, -0.1) is 11.3 Å². The first-order valence-corrected chi connectivity index (χ1v) is 5.79. The van der Waals surface area contributed by atoms with Crippen LogP contribution < -0.4 is 0 Å². The van der Waals surface area contributed by atoms with E-state index in [2.05, 4.69) is 36.9 Å². The molecule has 2 nitrogen and oxygen atoms in total. The number of hydrogen-bond donors (Lipinski definition) is 0. The zero-order valence-electron chi connectivity index (χ0n) is 9.00. The molecule has 0 radical (unpaired) electrons. The molecule has 0 aliphatic carbocycles. The van der Waals surface area contributed by atoms with Crippen molar-refractivity contribution in [1.82, 2.24) is 9.88 Å². The first-order chi connectivity index (χ1) is 6.65. The molecule has 0 saturated heterocycles. The fourth-order valence-corrected chi connectivity index (χ4v) is 2.91. The molecule has 0 unspecified atom stereocenters. The third-order valence-corrected chi connectivity index (χ3v) is 3.38. The number of likely N-dealkylation sites (N-methyl/N-ethyl adjacent to an activating group) is 1. The van der Waals surface area contributed by atoms with Crippen LogP contribution in [-0.2, 0) is 13.0 Å². The lowest BCUT2D eigenvalue weighted by Crippen LogP contribution is -2.25. The van der Waals surface area contributed by atoms with Gasteiger partial charge < -0.3 is 4.90 Å². The van der Waals surface area contributed by atoms with Gasteiger partial charge in [-0.3, -0.25) is 0 Å². The van der Waals surface area contributed by atoms with Gasteiger partial charge in [-0.05, 0) is 27.0 Å². The second-order valence-electron chi connectivity index (χ2n) is 4.13. The fourth-order valence-electron chi connectivity index (χ4n) is 1.65. The highest BCUT2D eigenvalue weighted by Crippen LogP contribution is 2.25. The predicted octanol–water partition coefficient (Wildman–Crippen LogP) is 2.55. The third kappa shape index (κ3) is 2.04. The molecular weight excluding hydrogens is 192 g/mol. The first kappa shape index (κ1) is 9.87. The summed E-state index contributed by atoms with van der Waals surface area (Å²) in [7, 11) is 2.17. The number of aromatic nitrogens is 1. The molecule has 14 heavy (non-hydrogen) atoms. The van der Waals surface area contributed by atoms with E-state index < -0.39 is 0 Å². The molecule has 76 valence electrons. The minimum Gasteiger partial charge on any atom is -0.301 e. The number of nitrogens with zero attached hydrogens (tertiary/aromatic N) is 2. The molecule has 2 heterocycles. The Hall–Kier alpha value is -0.670. The van der Waals surface area contributed by atoms with Crippen LogP contribution in [-0.4, -0.2) is 23.5 Å². The normalized spacial score (nSPS) is 16.5. The second kappa shape index (κ2) is 3.83. The largest absolute Gasteiger partial charge is 0.301 e. The Morgan fingerprint density at radius 3 is 3.00 bits per heavy atom. The van der Waals surface area contributed by atoms with Crippen LogP contribution in [0.2, 0.25) is 0 Å². The lowest BCUT2D eigenvalue weighted by molar-refractivity contribution is 0.314. The van der Waals surface area contributed by atoms with Crippen molar-refractivity contribution >= 4 is 17.4 Å². The quantitative estimate of drug-likeness (QED) is 0.705. The van der Waals surface area contributed by atoms with Gasteiger partial charge in [-0.2, -0.15) is 0 Å². The maximum Gasteiger partial charge on any atom is 0.116 e. The average Bonchev–Trinajstić information content (AvgIpc) is 2.44. The van der Waals surface area contributed by atoms with E-state index in [1.165, 1.54) is 21.2 Å². The minimum atomic E-state index is 1.07. The van der Waals surface area contributed by atoms with Gasteiger partial charge in [-0.25, -0.2) is 4.98 Å². The number of rotatable bonds is 1. The highest BCUT2D eigenvalue weighted by atomic mass is 32.1. The van der Waals surface area contributed by atoms with Crippen molar-refractivity contribution in [3.8, 4) is 0 Å². The van der Waals surface area contributed by atoms with Crippen molar-refractivity contribution in [1.29, 1.82) is 0 Å². The van der Waals surface area contributed by atoms with Gasteiger partial charge in [0.25, 0.3) is 0 Å². The molecular formula is C11H16N2S. The van der Waals surface area contributed by atoms with Gasteiger partial charge in [0, 0.05) is 24.4 Å². The van der Waals surface area contributed by atoms with E-state index in [-0.39, 0.29) is 0 Å². The van der Waals surface area contributed by atoms with E-state index in [1.54, 1.807) is 0 Å². The maximum absolute atomic E-state index is 4.64. The molecule has 3 heteroatoms. The summed E-state index contributed by atoms with van der Waals surface area (Å²) in [6, 6.07) is 0. The van der Waals surface area contributed by atoms with Crippen LogP contribution >= 0.6 is 11.3 Å². The van der Waals surface area contributed by atoms with Crippen LogP contribution in [0.1, 0.15) is 29.4 Å². The number of hydrogen-bond acceptors (Lipinski definition) is 3. The van der Waals surface area contributed by atoms with Crippen molar-refractivity contribution in [2.45, 2.75) is 26.8 Å². The van der Waals surface area contributed by atoms with Crippen molar-refractivity contribution in [3.05, 3.63) is 21.2 Å². The standard InChI is InChI=1S/C11H16N2S/c1-8(2)6-11-12-9-4-5-13(3)7-10(9)14-11/h6H,4-5,7H2,1-3H3. The molecule has 2 rings (SSSR count). The summed E-state index contributed by atoms with van der Waals surface area (Å²) in [6.45, 7) is 6.45. The van der Waals surface area contributed by atoms with E-state index >= 15 is 0 Å². The fraction of sp³-hybridized carbons (Fsp3) is 0.545. The van der Waals surface area contributed by atoms with Crippen molar-refractivity contribution in [2.24, 2.45) is 0 Å². The molecule has 0 amide bonds. The molecule has 0 bridgehead atoms. The SMILES string of the molecule is CC(C)=Cc1nc2c(s1)CN(C)CC2. The maximum atomic E-state index is 4.64. The average molecular weight is 208 g/mol. The third-order valence-electron chi connectivity index (χ3n) is 2.35. The molecule has 1 aliphatic heterocycles. The predicted molar refractivity (Wildman–Crippen MR) is 61.5 cm³/mol. The lowest BCUT2D eigenvalue weighted by atomic mass is 10.2. The highest BCUT2D eigenvalue weighted by Gasteiger charge is 2.17. The zero-order valence-corrected chi connectivity index (χ0v) is 9.82. The van der Waals surface area contributed by atoms with Gasteiger partial charge in [0.2, 0.25) is 0 Å². The molecule has 0 atom stereocenters. The Bertz CT molecular complexity index is 361. The van der Waals surface area contributed by atoms with Crippen LogP contribution in [0.25, 0.3) is 6.08 Å². The molecule has 0 fully saturated rings. The van der Waals surface area contributed by atoms with Gasteiger partial charge >= 0.3 is 0 Å². The van der Waals surface area contributed by atoms with E-state index in [0.29, 0.717) is 0 Å². The topological polar surface area (TPSA) is 16.1 Å².